The summed E-state index contributed by atoms with van der Waals surface area (Å²) in [6.45, 7) is 1.36. The summed E-state index contributed by atoms with van der Waals surface area (Å²) < 4.78 is 0. The minimum atomic E-state index is -0.434. The zero-order valence-corrected chi connectivity index (χ0v) is 10.2. The number of carbonyl (C=O) groups excluding carboxylic acids is 2. The van der Waals surface area contributed by atoms with Crippen molar-refractivity contribution in [3.8, 4) is 0 Å². The second kappa shape index (κ2) is 5.41. The fourth-order valence-electron chi connectivity index (χ4n) is 1.02. The molecule has 0 saturated carbocycles. The molecular weight excluding hydrogens is 226 g/mol. The SMILES string of the molecule is CC(=O)/C(=C\N(C)C)C(=O)Nc1nccs1. The number of nitrogens with one attached hydrogen (secondary N) is 1. The summed E-state index contributed by atoms with van der Waals surface area (Å²) in [7, 11) is 3.50. The molecule has 0 spiro atoms. The highest BCUT2D eigenvalue weighted by atomic mass is 32.1. The van der Waals surface area contributed by atoms with Crippen LogP contribution < -0.4 is 5.32 Å². The van der Waals surface area contributed by atoms with Crippen molar-refractivity contribution in [2.24, 2.45) is 0 Å². The molecule has 86 valence electrons. The Balaban J connectivity index is 2.80. The molecule has 0 aliphatic heterocycles. The summed E-state index contributed by atoms with van der Waals surface area (Å²) in [6.07, 6.45) is 3.08. The lowest BCUT2D eigenvalue weighted by molar-refractivity contribution is -0.119. The molecule has 0 aliphatic rings. The van der Waals surface area contributed by atoms with Crippen LogP contribution in [-0.2, 0) is 9.59 Å². The first-order valence-corrected chi connectivity index (χ1v) is 5.48. The molecule has 1 N–H and O–H groups in total. The third-order valence-electron chi connectivity index (χ3n) is 1.66. The molecule has 1 heterocycles. The van der Waals surface area contributed by atoms with Crippen LogP contribution >= 0.6 is 11.3 Å². The maximum Gasteiger partial charge on any atom is 0.262 e. The number of nitrogens with zero attached hydrogens (tertiary/aromatic N) is 2. The van der Waals surface area contributed by atoms with Crippen molar-refractivity contribution in [2.75, 3.05) is 19.4 Å². The fraction of sp³-hybridized carbons (Fsp3) is 0.300. The van der Waals surface area contributed by atoms with Gasteiger partial charge in [0.1, 0.15) is 0 Å². The molecule has 0 saturated heterocycles. The van der Waals surface area contributed by atoms with E-state index in [1.54, 1.807) is 30.6 Å². The van der Waals surface area contributed by atoms with E-state index < -0.39 is 5.91 Å². The van der Waals surface area contributed by atoms with E-state index in [0.29, 0.717) is 5.13 Å². The van der Waals surface area contributed by atoms with Gasteiger partial charge in [-0.3, -0.25) is 14.9 Å². The van der Waals surface area contributed by atoms with Crippen LogP contribution in [0.15, 0.2) is 23.3 Å². The van der Waals surface area contributed by atoms with Crippen LogP contribution in [0.5, 0.6) is 0 Å². The summed E-state index contributed by atoms with van der Waals surface area (Å²) in [5, 5.41) is 4.79. The summed E-state index contributed by atoms with van der Waals surface area (Å²) in [5.41, 5.74) is 0.111. The van der Waals surface area contributed by atoms with Gasteiger partial charge in [0.05, 0.1) is 5.57 Å². The van der Waals surface area contributed by atoms with Gasteiger partial charge in [0.15, 0.2) is 10.9 Å². The summed E-state index contributed by atoms with van der Waals surface area (Å²) >= 11 is 1.30. The molecule has 0 aromatic carbocycles. The summed E-state index contributed by atoms with van der Waals surface area (Å²) in [5.74, 6) is -0.709. The minimum Gasteiger partial charge on any atom is -0.383 e. The molecule has 0 bridgehead atoms. The first-order chi connectivity index (χ1) is 7.50. The summed E-state index contributed by atoms with van der Waals surface area (Å²) in [6, 6.07) is 0. The first-order valence-electron chi connectivity index (χ1n) is 4.60. The van der Waals surface area contributed by atoms with Crippen molar-refractivity contribution in [2.45, 2.75) is 6.92 Å². The van der Waals surface area contributed by atoms with Gasteiger partial charge >= 0.3 is 0 Å². The normalized spacial score (nSPS) is 11.1. The Morgan fingerprint density at radius 2 is 2.19 bits per heavy atom. The molecule has 0 fully saturated rings. The standard InChI is InChI=1S/C10H13N3O2S/c1-7(14)8(6-13(2)3)9(15)12-10-11-4-5-16-10/h4-6H,1-3H3,(H,11,12,15)/b8-6+. The number of hydrogen-bond donors (Lipinski definition) is 1. The van der Waals surface area contributed by atoms with E-state index in [2.05, 4.69) is 10.3 Å². The molecular formula is C10H13N3O2S. The van der Waals surface area contributed by atoms with Gasteiger partial charge in [-0.25, -0.2) is 4.98 Å². The average molecular weight is 239 g/mol. The number of rotatable bonds is 4. The van der Waals surface area contributed by atoms with Crippen molar-refractivity contribution >= 4 is 28.2 Å². The van der Waals surface area contributed by atoms with E-state index in [0.717, 1.165) is 0 Å². The number of hydrogen-bond acceptors (Lipinski definition) is 5. The van der Waals surface area contributed by atoms with Crippen LogP contribution in [0.25, 0.3) is 0 Å². The number of amides is 1. The number of Topliss-reactive ketones (excluding diaryl/α,β-unsaturated/α-hetero) is 1. The quantitative estimate of drug-likeness (QED) is 0.486. The van der Waals surface area contributed by atoms with Gasteiger partial charge in [0.25, 0.3) is 5.91 Å². The van der Waals surface area contributed by atoms with Gasteiger partial charge in [-0.2, -0.15) is 0 Å². The van der Waals surface area contributed by atoms with E-state index >= 15 is 0 Å². The van der Waals surface area contributed by atoms with Gasteiger partial charge in [-0.1, -0.05) is 0 Å². The van der Waals surface area contributed by atoms with Gasteiger partial charge < -0.3 is 4.90 Å². The second-order valence-corrected chi connectivity index (χ2v) is 4.25. The van der Waals surface area contributed by atoms with Crippen molar-refractivity contribution in [1.82, 2.24) is 9.88 Å². The Morgan fingerprint density at radius 1 is 1.50 bits per heavy atom. The molecule has 1 aromatic heterocycles. The molecule has 16 heavy (non-hydrogen) atoms. The second-order valence-electron chi connectivity index (χ2n) is 3.35. The van der Waals surface area contributed by atoms with Crippen LogP contribution in [0.3, 0.4) is 0 Å². The molecule has 1 aromatic rings. The van der Waals surface area contributed by atoms with Gasteiger partial charge in [0, 0.05) is 31.9 Å². The van der Waals surface area contributed by atoms with Gasteiger partial charge in [-0.05, 0) is 6.92 Å². The Bertz CT molecular complexity index is 410. The number of anilines is 1. The van der Waals surface area contributed by atoms with E-state index in [4.69, 9.17) is 0 Å². The highest BCUT2D eigenvalue weighted by molar-refractivity contribution is 7.13. The predicted octanol–water partition coefficient (Wildman–Crippen LogP) is 1.12. The van der Waals surface area contributed by atoms with Gasteiger partial charge in [0.2, 0.25) is 0 Å². The Hall–Kier alpha value is -1.69. The molecule has 0 unspecified atom stereocenters. The van der Waals surface area contributed by atoms with E-state index in [1.807, 2.05) is 0 Å². The Morgan fingerprint density at radius 3 is 2.62 bits per heavy atom. The maximum absolute atomic E-state index is 11.7. The average Bonchev–Trinajstić information content (AvgIpc) is 2.65. The topological polar surface area (TPSA) is 62.3 Å². The minimum absolute atomic E-state index is 0.111. The zero-order chi connectivity index (χ0) is 12.1. The van der Waals surface area contributed by atoms with E-state index in [1.165, 1.54) is 24.5 Å². The summed E-state index contributed by atoms with van der Waals surface area (Å²) in [4.78, 5) is 28.6. The fourth-order valence-corrected chi connectivity index (χ4v) is 1.54. The number of aromatic nitrogens is 1. The highest BCUT2D eigenvalue weighted by Crippen LogP contribution is 2.12. The maximum atomic E-state index is 11.7. The third-order valence-corrected chi connectivity index (χ3v) is 2.35. The van der Waals surface area contributed by atoms with Crippen LogP contribution in [0.4, 0.5) is 5.13 Å². The largest absolute Gasteiger partial charge is 0.383 e. The molecule has 1 amide bonds. The zero-order valence-electron chi connectivity index (χ0n) is 9.35. The molecule has 5 nitrogen and oxygen atoms in total. The third kappa shape index (κ3) is 3.47. The highest BCUT2D eigenvalue weighted by Gasteiger charge is 2.15. The number of ketones is 1. The molecule has 0 radical (unpaired) electrons. The lowest BCUT2D eigenvalue weighted by Gasteiger charge is -2.08. The monoisotopic (exact) mass is 239 g/mol. The van der Waals surface area contributed by atoms with Crippen LogP contribution in [0.2, 0.25) is 0 Å². The first kappa shape index (κ1) is 12.4. The lowest BCUT2D eigenvalue weighted by Crippen LogP contribution is -2.21. The Labute approximate surface area is 97.8 Å². The van der Waals surface area contributed by atoms with Crippen molar-refractivity contribution in [1.29, 1.82) is 0 Å². The van der Waals surface area contributed by atoms with Crippen molar-refractivity contribution in [3.05, 3.63) is 23.3 Å². The number of carbonyl (C=O) groups is 2. The van der Waals surface area contributed by atoms with Crippen molar-refractivity contribution in [3.63, 3.8) is 0 Å². The Kier molecular flexibility index (Phi) is 4.19. The van der Waals surface area contributed by atoms with Gasteiger partial charge in [-0.15, -0.1) is 11.3 Å². The molecule has 0 aliphatic carbocycles. The predicted molar refractivity (Wildman–Crippen MR) is 63.2 cm³/mol. The van der Waals surface area contributed by atoms with E-state index in [9.17, 15) is 9.59 Å². The van der Waals surface area contributed by atoms with Crippen LogP contribution in [0, 0.1) is 0 Å². The molecule has 1 rings (SSSR count). The van der Waals surface area contributed by atoms with Crippen LogP contribution in [0.1, 0.15) is 6.92 Å². The molecule has 0 atom stereocenters. The van der Waals surface area contributed by atoms with Crippen LogP contribution in [-0.4, -0.2) is 35.7 Å². The smallest absolute Gasteiger partial charge is 0.262 e. The number of thiazole rings is 1. The lowest BCUT2D eigenvalue weighted by atomic mass is 10.2. The van der Waals surface area contributed by atoms with Crippen molar-refractivity contribution < 1.29 is 9.59 Å². The molecule has 6 heteroatoms. The van der Waals surface area contributed by atoms with E-state index in [-0.39, 0.29) is 11.4 Å².